The van der Waals surface area contributed by atoms with Gasteiger partial charge < -0.3 is 20.1 Å². The van der Waals surface area contributed by atoms with Gasteiger partial charge in [-0.3, -0.25) is 4.57 Å². The van der Waals surface area contributed by atoms with Crippen LogP contribution in [0.5, 0.6) is 0 Å². The predicted octanol–water partition coefficient (Wildman–Crippen LogP) is 0.792. The molecule has 0 saturated carbocycles. The first-order valence-electron chi connectivity index (χ1n) is 7.64. The normalized spacial score (nSPS) is 26.5. The highest BCUT2D eigenvalue weighted by atomic mass is 32.2. The largest absolute Gasteiger partial charge is 0.394 e. The third kappa shape index (κ3) is 3.05. The third-order valence-electron chi connectivity index (χ3n) is 4.05. The van der Waals surface area contributed by atoms with Gasteiger partial charge in [0.1, 0.15) is 35.2 Å². The minimum atomic E-state index is -1.17. The van der Waals surface area contributed by atoms with Crippen molar-refractivity contribution in [2.75, 3.05) is 6.61 Å². The van der Waals surface area contributed by atoms with E-state index in [1.165, 1.54) is 17.5 Å². The Morgan fingerprint density at radius 3 is 2.84 bits per heavy atom. The monoisotopic (exact) mass is 380 g/mol. The van der Waals surface area contributed by atoms with Crippen molar-refractivity contribution in [1.29, 1.82) is 0 Å². The summed E-state index contributed by atoms with van der Waals surface area (Å²) in [4.78, 5) is 14.1. The number of ether oxygens (including phenoxy) is 1. The summed E-state index contributed by atoms with van der Waals surface area (Å²) >= 11 is 3.24. The Morgan fingerprint density at radius 2 is 2.12 bits per heavy atom. The summed E-state index contributed by atoms with van der Waals surface area (Å²) < 4.78 is 7.12. The first kappa shape index (κ1) is 16.9. The molecule has 1 saturated heterocycles. The van der Waals surface area contributed by atoms with E-state index in [0.29, 0.717) is 11.2 Å². The maximum atomic E-state index is 10.2. The molecule has 1 aliphatic heterocycles. The molecule has 3 aromatic heterocycles. The molecule has 4 rings (SSSR count). The van der Waals surface area contributed by atoms with Gasteiger partial charge in [0.15, 0.2) is 11.9 Å². The summed E-state index contributed by atoms with van der Waals surface area (Å²) in [5, 5.41) is 32.2. The molecule has 0 unspecified atom stereocenters. The third-order valence-corrected chi connectivity index (χ3v) is 6.13. The number of aliphatic hydroxyl groups excluding tert-OH is 3. The standard InChI is InChI=1S/C15H16N4O4S2/c20-4-9-11(21)12(22)15(23-9)19-7-18-10-13(19)16-6-17-14(10)25-5-8-2-1-3-24-8/h1-3,6-7,9,11-12,15,20-22H,4-5H2/t9-,11-,12-,15-/m1/s1. The predicted molar refractivity (Wildman–Crippen MR) is 92.2 cm³/mol. The zero-order chi connectivity index (χ0) is 17.4. The molecule has 4 heterocycles. The molecular weight excluding hydrogens is 364 g/mol. The zero-order valence-corrected chi connectivity index (χ0v) is 14.6. The van der Waals surface area contributed by atoms with Crippen molar-refractivity contribution in [2.24, 2.45) is 0 Å². The van der Waals surface area contributed by atoms with Crippen LogP contribution in [0.4, 0.5) is 0 Å². The fourth-order valence-electron chi connectivity index (χ4n) is 2.77. The van der Waals surface area contributed by atoms with Crippen molar-refractivity contribution < 1.29 is 20.1 Å². The van der Waals surface area contributed by atoms with E-state index in [9.17, 15) is 15.3 Å². The van der Waals surface area contributed by atoms with E-state index in [1.54, 1.807) is 27.7 Å². The summed E-state index contributed by atoms with van der Waals surface area (Å²) in [6, 6.07) is 4.07. The van der Waals surface area contributed by atoms with Crippen LogP contribution < -0.4 is 0 Å². The summed E-state index contributed by atoms with van der Waals surface area (Å²) in [7, 11) is 0. The number of rotatable bonds is 5. The molecule has 10 heteroatoms. The molecule has 3 N–H and O–H groups in total. The number of nitrogens with zero attached hydrogens (tertiary/aromatic N) is 4. The Morgan fingerprint density at radius 1 is 1.24 bits per heavy atom. The number of aromatic nitrogens is 4. The van der Waals surface area contributed by atoms with Crippen molar-refractivity contribution in [2.45, 2.75) is 35.3 Å². The fraction of sp³-hybridized carbons (Fsp3) is 0.400. The van der Waals surface area contributed by atoms with Crippen LogP contribution in [0.15, 0.2) is 35.2 Å². The maximum absolute atomic E-state index is 10.2. The molecule has 1 fully saturated rings. The lowest BCUT2D eigenvalue weighted by Crippen LogP contribution is -2.33. The highest BCUT2D eigenvalue weighted by Crippen LogP contribution is 2.33. The highest BCUT2D eigenvalue weighted by Gasteiger charge is 2.44. The molecule has 3 aromatic rings. The Kier molecular flexibility index (Phi) is 4.71. The van der Waals surface area contributed by atoms with E-state index < -0.39 is 24.5 Å². The second-order valence-corrected chi connectivity index (χ2v) is 7.60. The summed E-state index contributed by atoms with van der Waals surface area (Å²) in [5.41, 5.74) is 1.13. The van der Waals surface area contributed by atoms with Gasteiger partial charge in [-0.05, 0) is 11.4 Å². The average Bonchev–Trinajstić information content (AvgIpc) is 3.34. The Bertz CT molecular complexity index is 856. The minimum absolute atomic E-state index is 0.377. The SMILES string of the molecule is OC[C@H]1O[C@@H](n2cnc3c(SCc4cccs4)ncnc32)[C@H](O)[C@@H]1O. The highest BCUT2D eigenvalue weighted by molar-refractivity contribution is 7.98. The average molecular weight is 380 g/mol. The molecule has 132 valence electrons. The number of hydrogen-bond acceptors (Lipinski definition) is 9. The molecule has 0 aromatic carbocycles. The van der Waals surface area contributed by atoms with Gasteiger partial charge in [-0.2, -0.15) is 0 Å². The van der Waals surface area contributed by atoms with Gasteiger partial charge in [0.25, 0.3) is 0 Å². The van der Waals surface area contributed by atoms with Crippen molar-refractivity contribution in [3.63, 3.8) is 0 Å². The van der Waals surface area contributed by atoms with Crippen molar-refractivity contribution in [1.82, 2.24) is 19.5 Å². The van der Waals surface area contributed by atoms with Gasteiger partial charge >= 0.3 is 0 Å². The maximum Gasteiger partial charge on any atom is 0.166 e. The van der Waals surface area contributed by atoms with Gasteiger partial charge in [-0.15, -0.1) is 11.3 Å². The van der Waals surface area contributed by atoms with E-state index in [2.05, 4.69) is 21.0 Å². The lowest BCUT2D eigenvalue weighted by atomic mass is 10.1. The van der Waals surface area contributed by atoms with Crippen molar-refractivity contribution >= 4 is 34.3 Å². The lowest BCUT2D eigenvalue weighted by Gasteiger charge is -2.16. The fourth-order valence-corrected chi connectivity index (χ4v) is 4.48. The first-order valence-corrected chi connectivity index (χ1v) is 9.50. The van der Waals surface area contributed by atoms with Crippen molar-refractivity contribution in [3.05, 3.63) is 35.0 Å². The number of aliphatic hydroxyl groups is 3. The van der Waals surface area contributed by atoms with Gasteiger partial charge in [-0.1, -0.05) is 17.8 Å². The topological polar surface area (TPSA) is 114 Å². The van der Waals surface area contributed by atoms with Crippen LogP contribution in [0.1, 0.15) is 11.1 Å². The van der Waals surface area contributed by atoms with E-state index in [-0.39, 0.29) is 6.61 Å². The summed E-state index contributed by atoms with van der Waals surface area (Å²) in [6.07, 6.45) is -1.09. The molecule has 0 amide bonds. The number of thiophene rings is 1. The van der Waals surface area contributed by atoms with Crippen LogP contribution in [0.3, 0.4) is 0 Å². The zero-order valence-electron chi connectivity index (χ0n) is 13.0. The quantitative estimate of drug-likeness (QED) is 0.440. The first-order chi connectivity index (χ1) is 12.2. The number of imidazole rings is 1. The molecule has 4 atom stereocenters. The lowest BCUT2D eigenvalue weighted by molar-refractivity contribution is -0.0511. The van der Waals surface area contributed by atoms with Crippen LogP contribution in [0.2, 0.25) is 0 Å². The van der Waals surface area contributed by atoms with Gasteiger partial charge in [0.05, 0.1) is 12.9 Å². The summed E-state index contributed by atoms with van der Waals surface area (Å²) in [6.45, 7) is -0.377. The Balaban J connectivity index is 1.63. The number of thioether (sulfide) groups is 1. The second-order valence-electron chi connectivity index (χ2n) is 5.60. The van der Waals surface area contributed by atoms with Gasteiger partial charge in [0, 0.05) is 10.6 Å². The number of hydrogen-bond donors (Lipinski definition) is 3. The molecule has 0 radical (unpaired) electrons. The van der Waals surface area contributed by atoms with E-state index >= 15 is 0 Å². The Hall–Kier alpha value is -1.56. The molecule has 25 heavy (non-hydrogen) atoms. The van der Waals surface area contributed by atoms with E-state index in [0.717, 1.165) is 10.8 Å². The van der Waals surface area contributed by atoms with Crippen LogP contribution >= 0.6 is 23.1 Å². The van der Waals surface area contributed by atoms with Crippen LogP contribution in [-0.4, -0.2) is 59.8 Å². The number of fused-ring (bicyclic) bond motifs is 1. The van der Waals surface area contributed by atoms with E-state index in [1.807, 2.05) is 11.4 Å². The molecule has 0 aliphatic carbocycles. The van der Waals surface area contributed by atoms with Crippen LogP contribution in [0, 0.1) is 0 Å². The van der Waals surface area contributed by atoms with Crippen molar-refractivity contribution in [3.8, 4) is 0 Å². The summed E-state index contributed by atoms with van der Waals surface area (Å²) in [5.74, 6) is 0.782. The van der Waals surface area contributed by atoms with E-state index in [4.69, 9.17) is 4.74 Å². The van der Waals surface area contributed by atoms with Crippen LogP contribution in [-0.2, 0) is 10.5 Å². The molecule has 1 aliphatic rings. The molecule has 0 spiro atoms. The molecular formula is C15H16N4O4S2. The van der Waals surface area contributed by atoms with Gasteiger partial charge in [-0.25, -0.2) is 15.0 Å². The Labute approximate surface area is 151 Å². The molecule has 0 bridgehead atoms. The smallest absolute Gasteiger partial charge is 0.166 e. The molecule has 8 nitrogen and oxygen atoms in total. The van der Waals surface area contributed by atoms with Gasteiger partial charge in [0.2, 0.25) is 0 Å². The second kappa shape index (κ2) is 6.98. The minimum Gasteiger partial charge on any atom is -0.394 e. The van der Waals surface area contributed by atoms with Crippen LogP contribution in [0.25, 0.3) is 11.2 Å².